The Morgan fingerprint density at radius 3 is 2.50 bits per heavy atom. The van der Waals surface area contributed by atoms with Crippen LogP contribution in [0.15, 0.2) is 18.5 Å². The van der Waals surface area contributed by atoms with Crippen molar-refractivity contribution in [1.29, 1.82) is 0 Å². The lowest BCUT2D eigenvalue weighted by Crippen LogP contribution is -2.38. The SMILES string of the molecule is O=C(O)CC1(c2ncccn2)CCC1. The second-order valence-electron chi connectivity index (χ2n) is 3.78. The van der Waals surface area contributed by atoms with E-state index in [0.717, 1.165) is 19.3 Å². The van der Waals surface area contributed by atoms with Crippen LogP contribution in [0.3, 0.4) is 0 Å². The summed E-state index contributed by atoms with van der Waals surface area (Å²) >= 11 is 0. The number of rotatable bonds is 3. The highest BCUT2D eigenvalue weighted by atomic mass is 16.4. The topological polar surface area (TPSA) is 63.1 Å². The fraction of sp³-hybridized carbons (Fsp3) is 0.500. The Balaban J connectivity index is 2.25. The van der Waals surface area contributed by atoms with Crippen molar-refractivity contribution in [3.05, 3.63) is 24.3 Å². The van der Waals surface area contributed by atoms with Crippen molar-refractivity contribution >= 4 is 5.97 Å². The van der Waals surface area contributed by atoms with Gasteiger partial charge >= 0.3 is 5.97 Å². The Bertz CT molecular complexity index is 333. The largest absolute Gasteiger partial charge is 0.481 e. The molecule has 14 heavy (non-hydrogen) atoms. The molecule has 1 aromatic heterocycles. The van der Waals surface area contributed by atoms with Crippen LogP contribution in [0.25, 0.3) is 0 Å². The van der Waals surface area contributed by atoms with Crippen molar-refractivity contribution in [3.8, 4) is 0 Å². The molecule has 1 aliphatic carbocycles. The number of hydrogen-bond acceptors (Lipinski definition) is 3. The standard InChI is InChI=1S/C10H12N2O2/c13-8(14)7-10(3-1-4-10)9-11-5-2-6-12-9/h2,5-6H,1,3-4,7H2,(H,13,14). The second kappa shape index (κ2) is 3.36. The van der Waals surface area contributed by atoms with Gasteiger partial charge in [-0.2, -0.15) is 0 Å². The van der Waals surface area contributed by atoms with Crippen LogP contribution < -0.4 is 0 Å². The fourth-order valence-corrected chi connectivity index (χ4v) is 1.95. The van der Waals surface area contributed by atoms with Crippen LogP contribution in [-0.4, -0.2) is 21.0 Å². The summed E-state index contributed by atoms with van der Waals surface area (Å²) in [6, 6.07) is 1.75. The minimum Gasteiger partial charge on any atom is -0.481 e. The molecule has 1 saturated carbocycles. The van der Waals surface area contributed by atoms with Crippen molar-refractivity contribution in [2.45, 2.75) is 31.1 Å². The summed E-state index contributed by atoms with van der Waals surface area (Å²) in [4.78, 5) is 19.0. The van der Waals surface area contributed by atoms with Gasteiger partial charge in [-0.3, -0.25) is 4.79 Å². The van der Waals surface area contributed by atoms with Crippen molar-refractivity contribution in [2.24, 2.45) is 0 Å². The summed E-state index contributed by atoms with van der Waals surface area (Å²) in [6.07, 6.45) is 6.35. The lowest BCUT2D eigenvalue weighted by molar-refractivity contribution is -0.139. The van der Waals surface area contributed by atoms with Gasteiger partial charge in [-0.25, -0.2) is 9.97 Å². The number of carboxylic acid groups (broad SMARTS) is 1. The number of hydrogen-bond donors (Lipinski definition) is 1. The van der Waals surface area contributed by atoms with E-state index in [4.69, 9.17) is 5.11 Å². The molecule has 0 unspecified atom stereocenters. The second-order valence-corrected chi connectivity index (χ2v) is 3.78. The van der Waals surface area contributed by atoms with E-state index in [1.165, 1.54) is 0 Å². The first-order chi connectivity index (χ1) is 6.73. The Kier molecular flexibility index (Phi) is 2.19. The molecular weight excluding hydrogens is 180 g/mol. The minimum absolute atomic E-state index is 0.150. The maximum absolute atomic E-state index is 10.7. The van der Waals surface area contributed by atoms with Crippen LogP contribution in [-0.2, 0) is 10.2 Å². The summed E-state index contributed by atoms with van der Waals surface area (Å²) < 4.78 is 0. The van der Waals surface area contributed by atoms with Gasteiger partial charge in [0.1, 0.15) is 5.82 Å². The van der Waals surface area contributed by atoms with Gasteiger partial charge in [-0.1, -0.05) is 6.42 Å². The van der Waals surface area contributed by atoms with E-state index in [1.807, 2.05) is 0 Å². The predicted molar refractivity (Wildman–Crippen MR) is 49.8 cm³/mol. The molecule has 0 spiro atoms. The summed E-state index contributed by atoms with van der Waals surface area (Å²) in [5.74, 6) is -0.0780. The van der Waals surface area contributed by atoms with Crippen molar-refractivity contribution in [2.75, 3.05) is 0 Å². The molecule has 74 valence electrons. The zero-order valence-electron chi connectivity index (χ0n) is 7.81. The predicted octanol–water partition coefficient (Wildman–Crippen LogP) is 1.37. The van der Waals surface area contributed by atoms with Crippen LogP contribution in [0.5, 0.6) is 0 Å². The van der Waals surface area contributed by atoms with E-state index in [1.54, 1.807) is 18.5 Å². The van der Waals surface area contributed by atoms with E-state index in [9.17, 15) is 4.79 Å². The number of aliphatic carboxylic acids is 1. The summed E-state index contributed by atoms with van der Waals surface area (Å²) in [7, 11) is 0. The average Bonchev–Trinajstić information content (AvgIpc) is 2.12. The maximum Gasteiger partial charge on any atom is 0.304 e. The van der Waals surface area contributed by atoms with Gasteiger partial charge < -0.3 is 5.11 Å². The molecule has 0 atom stereocenters. The van der Waals surface area contributed by atoms with E-state index in [-0.39, 0.29) is 11.8 Å². The van der Waals surface area contributed by atoms with Crippen LogP contribution >= 0.6 is 0 Å². The Hall–Kier alpha value is -1.45. The molecule has 1 fully saturated rings. The van der Waals surface area contributed by atoms with Crippen molar-refractivity contribution in [1.82, 2.24) is 9.97 Å². The average molecular weight is 192 g/mol. The first-order valence-corrected chi connectivity index (χ1v) is 4.72. The van der Waals surface area contributed by atoms with Gasteiger partial charge in [0.25, 0.3) is 0 Å². The normalized spacial score (nSPS) is 18.6. The first kappa shape index (κ1) is 9.12. The Morgan fingerprint density at radius 1 is 1.43 bits per heavy atom. The third-order valence-electron chi connectivity index (χ3n) is 2.84. The van der Waals surface area contributed by atoms with E-state index in [0.29, 0.717) is 5.82 Å². The van der Waals surface area contributed by atoms with E-state index in [2.05, 4.69) is 9.97 Å². The highest BCUT2D eigenvalue weighted by Crippen LogP contribution is 2.44. The molecule has 4 nitrogen and oxygen atoms in total. The number of carboxylic acids is 1. The monoisotopic (exact) mass is 192 g/mol. The summed E-state index contributed by atoms with van der Waals surface area (Å²) in [5.41, 5.74) is -0.285. The van der Waals surface area contributed by atoms with Crippen LogP contribution in [0, 0.1) is 0 Å². The molecule has 1 heterocycles. The summed E-state index contributed by atoms with van der Waals surface area (Å²) in [5, 5.41) is 8.82. The van der Waals surface area contributed by atoms with Gasteiger partial charge in [-0.15, -0.1) is 0 Å². The van der Waals surface area contributed by atoms with Crippen molar-refractivity contribution < 1.29 is 9.90 Å². The fourth-order valence-electron chi connectivity index (χ4n) is 1.95. The Labute approximate surface area is 82.0 Å². The molecule has 0 saturated heterocycles. The lowest BCUT2D eigenvalue weighted by atomic mass is 9.66. The number of aromatic nitrogens is 2. The lowest BCUT2D eigenvalue weighted by Gasteiger charge is -2.38. The van der Waals surface area contributed by atoms with Gasteiger partial charge in [0.15, 0.2) is 0 Å². The third-order valence-corrected chi connectivity index (χ3v) is 2.84. The zero-order chi connectivity index (χ0) is 10.0. The molecule has 0 amide bonds. The number of carbonyl (C=O) groups is 1. The summed E-state index contributed by atoms with van der Waals surface area (Å²) in [6.45, 7) is 0. The third kappa shape index (κ3) is 1.47. The molecule has 0 aliphatic heterocycles. The maximum atomic E-state index is 10.7. The Morgan fingerprint density at radius 2 is 2.07 bits per heavy atom. The van der Waals surface area contributed by atoms with Gasteiger partial charge in [-0.05, 0) is 18.9 Å². The molecule has 1 aromatic rings. The molecule has 4 heteroatoms. The molecule has 1 aliphatic rings. The van der Waals surface area contributed by atoms with Crippen molar-refractivity contribution in [3.63, 3.8) is 0 Å². The van der Waals surface area contributed by atoms with Gasteiger partial charge in [0, 0.05) is 17.8 Å². The van der Waals surface area contributed by atoms with Crippen LogP contribution in [0.2, 0.25) is 0 Å². The minimum atomic E-state index is -0.767. The first-order valence-electron chi connectivity index (χ1n) is 4.72. The van der Waals surface area contributed by atoms with E-state index >= 15 is 0 Å². The molecule has 0 aromatic carbocycles. The molecule has 0 radical (unpaired) electrons. The van der Waals surface area contributed by atoms with Gasteiger partial charge in [0.2, 0.25) is 0 Å². The van der Waals surface area contributed by atoms with Gasteiger partial charge in [0.05, 0.1) is 6.42 Å². The molecule has 1 N–H and O–H groups in total. The zero-order valence-corrected chi connectivity index (χ0v) is 7.81. The highest BCUT2D eigenvalue weighted by Gasteiger charge is 2.42. The smallest absolute Gasteiger partial charge is 0.304 e. The van der Waals surface area contributed by atoms with Crippen LogP contribution in [0.4, 0.5) is 0 Å². The number of nitrogens with zero attached hydrogens (tertiary/aromatic N) is 2. The quantitative estimate of drug-likeness (QED) is 0.785. The molecular formula is C10H12N2O2. The highest BCUT2D eigenvalue weighted by molar-refractivity contribution is 5.69. The molecule has 0 bridgehead atoms. The van der Waals surface area contributed by atoms with E-state index < -0.39 is 5.97 Å². The van der Waals surface area contributed by atoms with Crippen LogP contribution in [0.1, 0.15) is 31.5 Å². The molecule has 2 rings (SSSR count).